The molecule has 0 aromatic heterocycles. The van der Waals surface area contributed by atoms with E-state index in [0.717, 1.165) is 29.3 Å². The fraction of sp³-hybridized carbons (Fsp3) is 0.526. The Morgan fingerprint density at radius 3 is 2.22 bits per heavy atom. The Morgan fingerprint density at radius 2 is 1.67 bits per heavy atom. The van der Waals surface area contributed by atoms with E-state index in [1.807, 2.05) is 38.1 Å². The normalized spacial score (nSPS) is 17.9. The highest BCUT2D eigenvalue weighted by Crippen LogP contribution is 2.45. The van der Waals surface area contributed by atoms with Crippen LogP contribution in [-0.4, -0.2) is 73.2 Å². The summed E-state index contributed by atoms with van der Waals surface area (Å²) in [6.45, 7) is 11.3. The predicted molar refractivity (Wildman–Crippen MR) is 195 cm³/mol. The second-order valence-electron chi connectivity index (χ2n) is 14.4. The van der Waals surface area contributed by atoms with Crippen LogP contribution >= 0.6 is 0 Å². The molecule has 3 atom stereocenters. The lowest BCUT2D eigenvalue weighted by Crippen LogP contribution is -2.53. The lowest BCUT2D eigenvalue weighted by Gasteiger charge is -2.42. The highest BCUT2D eigenvalue weighted by atomic mass is 32.2. The third-order valence-electron chi connectivity index (χ3n) is 9.13. The average molecular weight is 733 g/mol. The second kappa shape index (κ2) is 17.8. The molecule has 0 saturated carbocycles. The van der Waals surface area contributed by atoms with E-state index in [-0.39, 0.29) is 30.5 Å². The first-order valence-electron chi connectivity index (χ1n) is 17.5. The number of hydrogen-bond acceptors (Lipinski definition) is 7. The summed E-state index contributed by atoms with van der Waals surface area (Å²) in [5.74, 6) is -4.25. The Labute approximate surface area is 301 Å². The minimum absolute atomic E-state index is 0.0264. The number of carbonyl (C=O) groups excluding carboxylic acids is 2. The number of hydrogen-bond donors (Lipinski definition) is 5. The highest BCUT2D eigenvalue weighted by Gasteiger charge is 2.50. The molecule has 0 bridgehead atoms. The van der Waals surface area contributed by atoms with Crippen LogP contribution in [-0.2, 0) is 32.6 Å². The Kier molecular flexibility index (Phi) is 14.7. The Balaban J connectivity index is 2.20. The number of benzene rings is 2. The molecular weight excluding hydrogens is 679 g/mol. The van der Waals surface area contributed by atoms with Gasteiger partial charge in [0.25, 0.3) is 0 Å². The number of aliphatic hydroxyl groups excluding tert-OH is 2. The van der Waals surface area contributed by atoms with Crippen molar-refractivity contribution in [1.82, 2.24) is 14.9 Å². The number of nitrogens with two attached hydrogens (primary N) is 1. The summed E-state index contributed by atoms with van der Waals surface area (Å²) in [5.41, 5.74) is 4.96. The number of allylic oxidation sites excluding steroid dienone is 1. The molecule has 1 aliphatic carbocycles. The maximum absolute atomic E-state index is 14.5. The molecule has 2 amide bonds. The Bertz CT molecular complexity index is 1690. The average Bonchev–Trinajstić information content (AvgIpc) is 3.05. The Hall–Kier alpha value is -3.49. The van der Waals surface area contributed by atoms with E-state index in [1.165, 1.54) is 19.9 Å². The van der Waals surface area contributed by atoms with Crippen molar-refractivity contribution < 1.29 is 37.0 Å². The zero-order chi connectivity index (χ0) is 38.1. The van der Waals surface area contributed by atoms with Crippen molar-refractivity contribution in [2.24, 2.45) is 17.1 Å². The number of aliphatic hydroxyl groups is 2. The first kappa shape index (κ1) is 41.9. The summed E-state index contributed by atoms with van der Waals surface area (Å²) in [5, 5.41) is 25.0. The van der Waals surface area contributed by atoms with Gasteiger partial charge in [0.2, 0.25) is 21.8 Å². The number of amides is 2. The van der Waals surface area contributed by atoms with Gasteiger partial charge in [0.1, 0.15) is 11.6 Å². The highest BCUT2D eigenvalue weighted by molar-refractivity contribution is 7.93. The molecule has 0 saturated heterocycles. The molecule has 282 valence electrons. The zero-order valence-corrected chi connectivity index (χ0v) is 31.3. The predicted octanol–water partition coefficient (Wildman–Crippen LogP) is 4.42. The minimum Gasteiger partial charge on any atom is -0.394 e. The third-order valence-corrected chi connectivity index (χ3v) is 10.8. The summed E-state index contributed by atoms with van der Waals surface area (Å²) >= 11 is 0. The van der Waals surface area contributed by atoms with Gasteiger partial charge in [-0.2, -0.15) is 0 Å². The van der Waals surface area contributed by atoms with E-state index >= 15 is 0 Å². The van der Waals surface area contributed by atoms with Gasteiger partial charge in [0.05, 0.1) is 28.6 Å². The lowest BCUT2D eigenvalue weighted by molar-refractivity contribution is -0.132. The number of rotatable bonds is 19. The molecule has 0 fully saturated rings. The molecule has 0 spiro atoms. The number of nitrogens with zero attached hydrogens (tertiary/aromatic N) is 1. The lowest BCUT2D eigenvalue weighted by atomic mass is 9.64. The van der Waals surface area contributed by atoms with Gasteiger partial charge >= 0.3 is 0 Å². The minimum atomic E-state index is -4.51. The molecule has 13 heteroatoms. The molecule has 2 aromatic carbocycles. The molecule has 1 unspecified atom stereocenters. The molecular formula is C38H54F2N4O6S. The largest absolute Gasteiger partial charge is 0.394 e. The number of halogens is 2. The van der Waals surface area contributed by atoms with Gasteiger partial charge in [-0.3, -0.25) is 9.59 Å². The van der Waals surface area contributed by atoms with Crippen molar-refractivity contribution in [3.8, 4) is 0 Å². The van der Waals surface area contributed by atoms with Crippen LogP contribution in [0.3, 0.4) is 0 Å². The number of carbonyl (C=O) groups is 2. The number of primary amides is 1. The third kappa shape index (κ3) is 11.0. The van der Waals surface area contributed by atoms with E-state index in [4.69, 9.17) is 5.73 Å². The first-order valence-corrected chi connectivity index (χ1v) is 19.0. The van der Waals surface area contributed by atoms with Gasteiger partial charge in [0.15, 0.2) is 0 Å². The standard InChI is InChI=1S/C38H54F2N4O6S/c1-7-12-44(13-8-2)35(47)29-18-32(51(49,50)43-37(5,6)24-45)21-38(20-29,36(41)48)33(17-27-15-30(39)19-31(40)16-27)34(46)23-42-22-26-10-9-11-28(14-26)25(3)4/h9-11,14-16,18-19,21,25,33-34,42-43,45-46H,7-8,12-13,17,20,22-24H2,1-6H3,(H2,41,48)/t33-,34+,38?/m1/s1. The zero-order valence-electron chi connectivity index (χ0n) is 30.5. The van der Waals surface area contributed by atoms with Crippen molar-refractivity contribution in [3.63, 3.8) is 0 Å². The van der Waals surface area contributed by atoms with Crippen molar-refractivity contribution in [1.29, 1.82) is 0 Å². The summed E-state index contributed by atoms with van der Waals surface area (Å²) in [6.07, 6.45) is 1.48. The maximum Gasteiger partial charge on any atom is 0.249 e. The molecule has 1 aliphatic rings. The van der Waals surface area contributed by atoms with Crippen molar-refractivity contribution >= 4 is 21.8 Å². The molecule has 51 heavy (non-hydrogen) atoms. The smallest absolute Gasteiger partial charge is 0.249 e. The molecule has 0 radical (unpaired) electrons. The number of nitrogens with one attached hydrogen (secondary N) is 2. The monoisotopic (exact) mass is 732 g/mol. The van der Waals surface area contributed by atoms with Crippen LogP contribution in [0.1, 0.15) is 83.4 Å². The van der Waals surface area contributed by atoms with Crippen LogP contribution in [0.5, 0.6) is 0 Å². The van der Waals surface area contributed by atoms with Gasteiger partial charge in [0, 0.05) is 43.7 Å². The molecule has 10 nitrogen and oxygen atoms in total. The second-order valence-corrected chi connectivity index (χ2v) is 16.1. The summed E-state index contributed by atoms with van der Waals surface area (Å²) in [6, 6.07) is 10.7. The van der Waals surface area contributed by atoms with Crippen LogP contribution in [0.4, 0.5) is 8.78 Å². The topological polar surface area (TPSA) is 162 Å². The molecule has 0 heterocycles. The van der Waals surface area contributed by atoms with Gasteiger partial charge in [-0.15, -0.1) is 0 Å². The Morgan fingerprint density at radius 1 is 1.04 bits per heavy atom. The summed E-state index contributed by atoms with van der Waals surface area (Å²) < 4.78 is 59.2. The van der Waals surface area contributed by atoms with Gasteiger partial charge in [-0.25, -0.2) is 21.9 Å². The fourth-order valence-electron chi connectivity index (χ4n) is 6.48. The van der Waals surface area contributed by atoms with E-state index in [2.05, 4.69) is 23.9 Å². The van der Waals surface area contributed by atoms with Gasteiger partial charge in [-0.05, 0) is 86.4 Å². The van der Waals surface area contributed by atoms with Crippen molar-refractivity contribution in [2.75, 3.05) is 26.2 Å². The van der Waals surface area contributed by atoms with Crippen LogP contribution in [0.25, 0.3) is 0 Å². The van der Waals surface area contributed by atoms with E-state index in [9.17, 15) is 37.0 Å². The van der Waals surface area contributed by atoms with Crippen LogP contribution in [0.15, 0.2) is 65.1 Å². The van der Waals surface area contributed by atoms with E-state index < -0.39 is 68.0 Å². The first-order chi connectivity index (χ1) is 23.9. The van der Waals surface area contributed by atoms with E-state index in [1.54, 1.807) is 4.90 Å². The number of sulfonamides is 1. The SMILES string of the molecule is CCCN(CCC)C(=O)C1=CC(S(=O)(=O)NC(C)(C)CO)=CC(C(N)=O)([C@H](Cc2cc(F)cc(F)c2)[C@@H](O)CNCc2cccc(C(C)C)c2)C1. The van der Waals surface area contributed by atoms with Crippen molar-refractivity contribution in [2.45, 2.75) is 91.3 Å². The van der Waals surface area contributed by atoms with E-state index in [0.29, 0.717) is 44.5 Å². The van der Waals surface area contributed by atoms with Crippen molar-refractivity contribution in [3.05, 3.63) is 93.4 Å². The molecule has 6 N–H and O–H groups in total. The van der Waals surface area contributed by atoms with Gasteiger partial charge in [-0.1, -0.05) is 52.0 Å². The maximum atomic E-state index is 14.5. The fourth-order valence-corrected chi connectivity index (χ4v) is 8.05. The van der Waals surface area contributed by atoms with Crippen LogP contribution < -0.4 is 15.8 Å². The summed E-state index contributed by atoms with van der Waals surface area (Å²) in [7, 11) is -4.51. The molecule has 0 aliphatic heterocycles. The molecule has 2 aromatic rings. The molecule has 3 rings (SSSR count). The quantitative estimate of drug-likeness (QED) is 0.143. The summed E-state index contributed by atoms with van der Waals surface area (Å²) in [4.78, 5) is 29.0. The van der Waals surface area contributed by atoms with Gasteiger partial charge < -0.3 is 26.2 Å². The van der Waals surface area contributed by atoms with Crippen LogP contribution in [0, 0.1) is 23.0 Å². The van der Waals surface area contributed by atoms with Crippen LogP contribution in [0.2, 0.25) is 0 Å².